The lowest BCUT2D eigenvalue weighted by Gasteiger charge is -2.04. The Labute approximate surface area is 114 Å². The molecule has 0 amide bonds. The molecule has 0 fully saturated rings. The maximum absolute atomic E-state index is 10.7. The zero-order chi connectivity index (χ0) is 13.9. The van der Waals surface area contributed by atoms with Crippen LogP contribution in [0, 0.1) is 0 Å². The summed E-state index contributed by atoms with van der Waals surface area (Å²) in [5.41, 5.74) is 1.65. The van der Waals surface area contributed by atoms with Crippen molar-refractivity contribution in [2.75, 3.05) is 0 Å². The third-order valence-corrected chi connectivity index (χ3v) is 2.93. The molecular formula is C15H11NO4. The van der Waals surface area contributed by atoms with Gasteiger partial charge in [-0.3, -0.25) is 0 Å². The molecule has 3 rings (SSSR count). The quantitative estimate of drug-likeness (QED) is 0.787. The highest BCUT2D eigenvalue weighted by Crippen LogP contribution is 2.20. The van der Waals surface area contributed by atoms with E-state index in [0.717, 1.165) is 5.39 Å². The molecule has 0 aliphatic carbocycles. The number of carboxylic acid groups (broad SMARTS) is 1. The number of benzene rings is 2. The van der Waals surface area contributed by atoms with Gasteiger partial charge >= 0.3 is 5.97 Å². The molecule has 2 aromatic carbocycles. The Hall–Kier alpha value is -2.82. The molecule has 0 radical (unpaired) electrons. The van der Waals surface area contributed by atoms with E-state index in [9.17, 15) is 4.79 Å². The second-order valence-corrected chi connectivity index (χ2v) is 4.24. The van der Waals surface area contributed by atoms with E-state index in [1.54, 1.807) is 12.1 Å². The third-order valence-electron chi connectivity index (χ3n) is 2.93. The minimum absolute atomic E-state index is 0.226. The number of nitrogens with zero attached hydrogens (tertiary/aromatic N) is 1. The maximum atomic E-state index is 10.7. The second kappa shape index (κ2) is 5.05. The summed E-state index contributed by atoms with van der Waals surface area (Å²) in [7, 11) is 0. The Bertz CT molecular complexity index is 746. The molecule has 0 saturated heterocycles. The first-order chi connectivity index (χ1) is 9.74. The summed E-state index contributed by atoms with van der Waals surface area (Å²) in [6.07, 6.45) is 0. The average molecular weight is 269 g/mol. The Morgan fingerprint density at radius 3 is 2.65 bits per heavy atom. The summed E-state index contributed by atoms with van der Waals surface area (Å²) in [5.74, 6) is -0.374. The molecule has 5 heteroatoms. The van der Waals surface area contributed by atoms with Crippen LogP contribution >= 0.6 is 0 Å². The molecule has 3 aromatic rings. The van der Waals surface area contributed by atoms with E-state index < -0.39 is 5.97 Å². The van der Waals surface area contributed by atoms with Gasteiger partial charge in [-0.1, -0.05) is 17.3 Å². The van der Waals surface area contributed by atoms with E-state index in [2.05, 4.69) is 5.16 Å². The molecule has 0 aliphatic heterocycles. The molecule has 0 bridgehead atoms. The van der Waals surface area contributed by atoms with Gasteiger partial charge in [0, 0.05) is 5.39 Å². The lowest BCUT2D eigenvalue weighted by atomic mass is 10.2. The van der Waals surface area contributed by atoms with Crippen LogP contribution in [-0.2, 0) is 6.61 Å². The van der Waals surface area contributed by atoms with Crippen LogP contribution < -0.4 is 4.74 Å². The highest BCUT2D eigenvalue weighted by atomic mass is 16.5. The van der Waals surface area contributed by atoms with E-state index in [1.165, 1.54) is 12.1 Å². The number of carboxylic acids is 1. The van der Waals surface area contributed by atoms with Crippen LogP contribution in [0.25, 0.3) is 11.0 Å². The Kier molecular flexibility index (Phi) is 3.09. The Morgan fingerprint density at radius 2 is 1.90 bits per heavy atom. The number of hydrogen-bond acceptors (Lipinski definition) is 4. The van der Waals surface area contributed by atoms with Gasteiger partial charge in [0.25, 0.3) is 0 Å². The minimum Gasteiger partial charge on any atom is -0.487 e. The number of para-hydroxylation sites is 1. The van der Waals surface area contributed by atoms with Crippen LogP contribution in [0.4, 0.5) is 0 Å². The Morgan fingerprint density at radius 1 is 1.15 bits per heavy atom. The largest absolute Gasteiger partial charge is 0.487 e. The third kappa shape index (κ3) is 2.33. The molecule has 5 nitrogen and oxygen atoms in total. The predicted molar refractivity (Wildman–Crippen MR) is 71.7 cm³/mol. The maximum Gasteiger partial charge on any atom is 0.335 e. The first kappa shape index (κ1) is 12.2. The number of hydrogen-bond donors (Lipinski definition) is 1. The second-order valence-electron chi connectivity index (χ2n) is 4.24. The van der Waals surface area contributed by atoms with Crippen molar-refractivity contribution in [2.24, 2.45) is 0 Å². The van der Waals surface area contributed by atoms with Crippen LogP contribution in [0.3, 0.4) is 0 Å². The average Bonchev–Trinajstić information content (AvgIpc) is 2.89. The van der Waals surface area contributed by atoms with Crippen molar-refractivity contribution < 1.29 is 19.2 Å². The smallest absolute Gasteiger partial charge is 0.335 e. The lowest BCUT2D eigenvalue weighted by Crippen LogP contribution is -1.98. The molecule has 1 aromatic heterocycles. The number of rotatable bonds is 4. The van der Waals surface area contributed by atoms with Crippen molar-refractivity contribution >= 4 is 16.9 Å². The van der Waals surface area contributed by atoms with E-state index in [1.807, 2.05) is 24.3 Å². The highest BCUT2D eigenvalue weighted by Gasteiger charge is 2.08. The van der Waals surface area contributed by atoms with Crippen LogP contribution in [0.1, 0.15) is 16.1 Å². The van der Waals surface area contributed by atoms with Crippen molar-refractivity contribution in [2.45, 2.75) is 6.61 Å². The standard InChI is InChI=1S/C15H11NO4/c17-15(18)10-5-7-11(8-6-10)19-9-13-12-3-1-2-4-14(12)20-16-13/h1-8H,9H2,(H,17,18). The highest BCUT2D eigenvalue weighted by molar-refractivity contribution is 5.87. The monoisotopic (exact) mass is 269 g/mol. The van der Waals surface area contributed by atoms with Gasteiger partial charge in [0.15, 0.2) is 5.58 Å². The van der Waals surface area contributed by atoms with Crippen molar-refractivity contribution in [3.8, 4) is 5.75 Å². The van der Waals surface area contributed by atoms with E-state index in [4.69, 9.17) is 14.4 Å². The van der Waals surface area contributed by atoms with Crippen molar-refractivity contribution in [3.63, 3.8) is 0 Å². The fourth-order valence-electron chi connectivity index (χ4n) is 1.89. The normalized spacial score (nSPS) is 10.6. The number of aromatic carboxylic acids is 1. The van der Waals surface area contributed by atoms with Crippen molar-refractivity contribution in [3.05, 3.63) is 59.8 Å². The molecule has 0 unspecified atom stereocenters. The number of ether oxygens (including phenoxy) is 1. The van der Waals surface area contributed by atoms with Gasteiger partial charge in [-0.05, 0) is 36.4 Å². The van der Waals surface area contributed by atoms with Crippen molar-refractivity contribution in [1.29, 1.82) is 0 Å². The van der Waals surface area contributed by atoms with Gasteiger partial charge in [0.05, 0.1) is 5.56 Å². The summed E-state index contributed by atoms with van der Waals surface area (Å²) in [4.78, 5) is 10.7. The van der Waals surface area contributed by atoms with Crippen LogP contribution in [0.2, 0.25) is 0 Å². The van der Waals surface area contributed by atoms with Gasteiger partial charge in [0.1, 0.15) is 18.1 Å². The molecule has 100 valence electrons. The van der Waals surface area contributed by atoms with Gasteiger partial charge in [0.2, 0.25) is 0 Å². The number of aromatic nitrogens is 1. The summed E-state index contributed by atoms with van der Waals surface area (Å²) in [5, 5.41) is 13.7. The number of carbonyl (C=O) groups is 1. The predicted octanol–water partition coefficient (Wildman–Crippen LogP) is 3.11. The topological polar surface area (TPSA) is 72.6 Å². The summed E-state index contributed by atoms with van der Waals surface area (Å²) in [6, 6.07) is 13.8. The fraction of sp³-hybridized carbons (Fsp3) is 0.0667. The summed E-state index contributed by atoms with van der Waals surface area (Å²) < 4.78 is 10.8. The Balaban J connectivity index is 1.74. The summed E-state index contributed by atoms with van der Waals surface area (Å²) >= 11 is 0. The van der Waals surface area contributed by atoms with E-state index in [-0.39, 0.29) is 12.2 Å². The van der Waals surface area contributed by atoms with Gasteiger partial charge in [-0.25, -0.2) is 4.79 Å². The van der Waals surface area contributed by atoms with Crippen LogP contribution in [0.5, 0.6) is 5.75 Å². The SMILES string of the molecule is O=C(O)c1ccc(OCc2noc3ccccc23)cc1. The van der Waals surface area contributed by atoms with E-state index in [0.29, 0.717) is 17.0 Å². The molecule has 20 heavy (non-hydrogen) atoms. The van der Waals surface area contributed by atoms with Crippen molar-refractivity contribution in [1.82, 2.24) is 5.16 Å². The molecule has 0 atom stereocenters. The molecular weight excluding hydrogens is 258 g/mol. The number of fused-ring (bicyclic) bond motifs is 1. The van der Waals surface area contributed by atoms with E-state index >= 15 is 0 Å². The van der Waals surface area contributed by atoms with Crippen LogP contribution in [-0.4, -0.2) is 16.2 Å². The zero-order valence-electron chi connectivity index (χ0n) is 10.4. The first-order valence-corrected chi connectivity index (χ1v) is 6.03. The molecule has 0 saturated carbocycles. The molecule has 1 N–H and O–H groups in total. The minimum atomic E-state index is -0.959. The molecule has 0 spiro atoms. The van der Waals surface area contributed by atoms with Gasteiger partial charge in [-0.2, -0.15) is 0 Å². The van der Waals surface area contributed by atoms with Gasteiger partial charge in [-0.15, -0.1) is 0 Å². The first-order valence-electron chi connectivity index (χ1n) is 6.03. The van der Waals surface area contributed by atoms with Gasteiger partial charge < -0.3 is 14.4 Å². The van der Waals surface area contributed by atoms with Crippen LogP contribution in [0.15, 0.2) is 53.1 Å². The fourth-order valence-corrected chi connectivity index (χ4v) is 1.89. The lowest BCUT2D eigenvalue weighted by molar-refractivity contribution is 0.0697. The summed E-state index contributed by atoms with van der Waals surface area (Å²) in [6.45, 7) is 0.267. The zero-order valence-corrected chi connectivity index (χ0v) is 10.4. The molecule has 1 heterocycles. The molecule has 0 aliphatic rings.